The Balaban J connectivity index is 2.92. The monoisotopic (exact) mass is 292 g/mol. The number of hydrogen-bond donors (Lipinski definition) is 2. The molecule has 0 spiro atoms. The van der Waals surface area contributed by atoms with Crippen molar-refractivity contribution in [1.82, 2.24) is 4.90 Å². The molecule has 0 aromatic heterocycles. The molecule has 104 valence electrons. The van der Waals surface area contributed by atoms with Crippen molar-refractivity contribution in [1.29, 1.82) is 0 Å². The van der Waals surface area contributed by atoms with Crippen LogP contribution in [0.2, 0.25) is 5.02 Å². The van der Waals surface area contributed by atoms with E-state index in [1.54, 1.807) is 0 Å². The zero-order valence-corrected chi connectivity index (χ0v) is 10.8. The Kier molecular flexibility index (Phi) is 4.66. The van der Waals surface area contributed by atoms with E-state index in [0.717, 1.165) is 11.0 Å². The van der Waals surface area contributed by atoms with E-state index >= 15 is 0 Å². The Labute approximate surface area is 112 Å². The standard InChI is InChI=1S/C11H11ClF2N2O3/c1-5(10(17)18)16(2)11(19)15-9-7(12)3-6(13)4-8(9)14/h3-5H,1-2H3,(H,15,19)(H,17,18). The Hall–Kier alpha value is -1.89. The number of likely N-dealkylation sites (N-methyl/N-ethyl adjacent to an activating group) is 1. The summed E-state index contributed by atoms with van der Waals surface area (Å²) in [5, 5.41) is 10.5. The second kappa shape index (κ2) is 5.83. The first-order valence-corrected chi connectivity index (χ1v) is 5.53. The van der Waals surface area contributed by atoms with Crippen LogP contribution in [0.3, 0.4) is 0 Å². The number of anilines is 1. The molecule has 19 heavy (non-hydrogen) atoms. The van der Waals surface area contributed by atoms with Gasteiger partial charge in [-0.25, -0.2) is 18.4 Å². The van der Waals surface area contributed by atoms with Gasteiger partial charge in [0.1, 0.15) is 11.9 Å². The third-order valence-electron chi connectivity index (χ3n) is 2.50. The fourth-order valence-electron chi connectivity index (χ4n) is 1.20. The van der Waals surface area contributed by atoms with Gasteiger partial charge in [0.15, 0.2) is 5.82 Å². The van der Waals surface area contributed by atoms with E-state index in [0.29, 0.717) is 6.07 Å². The molecule has 0 heterocycles. The van der Waals surface area contributed by atoms with Gasteiger partial charge in [-0.3, -0.25) is 0 Å². The number of carboxylic acid groups (broad SMARTS) is 1. The molecule has 0 fully saturated rings. The number of urea groups is 1. The minimum Gasteiger partial charge on any atom is -0.480 e. The van der Waals surface area contributed by atoms with Crippen LogP contribution in [0, 0.1) is 11.6 Å². The van der Waals surface area contributed by atoms with Crippen LogP contribution in [0.5, 0.6) is 0 Å². The Bertz CT molecular complexity index is 502. The highest BCUT2D eigenvalue weighted by Crippen LogP contribution is 2.26. The lowest BCUT2D eigenvalue weighted by atomic mass is 10.3. The van der Waals surface area contributed by atoms with Crippen molar-refractivity contribution in [2.24, 2.45) is 0 Å². The maximum atomic E-state index is 13.4. The Morgan fingerprint density at radius 1 is 1.42 bits per heavy atom. The zero-order chi connectivity index (χ0) is 14.7. The van der Waals surface area contributed by atoms with Crippen LogP contribution in [0.1, 0.15) is 6.92 Å². The van der Waals surface area contributed by atoms with Gasteiger partial charge in [-0.05, 0) is 13.0 Å². The second-order valence-electron chi connectivity index (χ2n) is 3.80. The number of carboxylic acids is 1. The molecule has 1 rings (SSSR count). The van der Waals surface area contributed by atoms with Crippen LogP contribution >= 0.6 is 11.6 Å². The van der Waals surface area contributed by atoms with Gasteiger partial charge in [-0.15, -0.1) is 0 Å². The highest BCUT2D eigenvalue weighted by atomic mass is 35.5. The Morgan fingerprint density at radius 3 is 2.47 bits per heavy atom. The number of nitrogens with one attached hydrogen (secondary N) is 1. The summed E-state index contributed by atoms with van der Waals surface area (Å²) in [6.45, 7) is 1.28. The fraction of sp³-hybridized carbons (Fsp3) is 0.273. The molecule has 0 aliphatic rings. The van der Waals surface area contributed by atoms with Crippen molar-refractivity contribution in [2.75, 3.05) is 12.4 Å². The van der Waals surface area contributed by atoms with Gasteiger partial charge < -0.3 is 15.3 Å². The average Bonchev–Trinajstić information content (AvgIpc) is 2.31. The SMILES string of the molecule is CC(C(=O)O)N(C)C(=O)Nc1c(F)cc(F)cc1Cl. The third-order valence-corrected chi connectivity index (χ3v) is 2.80. The Morgan fingerprint density at radius 2 is 2.00 bits per heavy atom. The third kappa shape index (κ3) is 3.54. The van der Waals surface area contributed by atoms with E-state index in [1.807, 2.05) is 0 Å². The predicted octanol–water partition coefficient (Wildman–Crippen LogP) is 2.56. The summed E-state index contributed by atoms with van der Waals surface area (Å²) in [5.74, 6) is -3.15. The number of hydrogen-bond acceptors (Lipinski definition) is 2. The first kappa shape index (κ1) is 15.2. The second-order valence-corrected chi connectivity index (χ2v) is 4.21. The number of carbonyl (C=O) groups is 2. The van der Waals surface area contributed by atoms with E-state index in [2.05, 4.69) is 5.32 Å². The number of halogens is 3. The van der Waals surface area contributed by atoms with Gasteiger partial charge in [-0.1, -0.05) is 11.6 Å². The molecule has 5 nitrogen and oxygen atoms in total. The molecule has 2 N–H and O–H groups in total. The summed E-state index contributed by atoms with van der Waals surface area (Å²) in [6, 6.07) is -0.590. The van der Waals surface area contributed by atoms with Crippen molar-refractivity contribution in [3.8, 4) is 0 Å². The van der Waals surface area contributed by atoms with Crippen LogP contribution < -0.4 is 5.32 Å². The fourth-order valence-corrected chi connectivity index (χ4v) is 1.44. The van der Waals surface area contributed by atoms with Gasteiger partial charge >= 0.3 is 12.0 Å². The summed E-state index contributed by atoms with van der Waals surface area (Å²) in [5.41, 5.74) is -0.405. The molecule has 1 unspecified atom stereocenters. The van der Waals surface area contributed by atoms with Gasteiger partial charge in [0.25, 0.3) is 0 Å². The van der Waals surface area contributed by atoms with Crippen molar-refractivity contribution in [2.45, 2.75) is 13.0 Å². The van der Waals surface area contributed by atoms with Crippen molar-refractivity contribution >= 4 is 29.3 Å². The summed E-state index contributed by atoms with van der Waals surface area (Å²) in [7, 11) is 1.23. The topological polar surface area (TPSA) is 69.6 Å². The summed E-state index contributed by atoms with van der Waals surface area (Å²) in [4.78, 5) is 23.2. The van der Waals surface area contributed by atoms with Crippen LogP contribution in [0.15, 0.2) is 12.1 Å². The normalized spacial score (nSPS) is 11.8. The summed E-state index contributed by atoms with van der Waals surface area (Å²) < 4.78 is 26.2. The number of amides is 2. The van der Waals surface area contributed by atoms with Crippen molar-refractivity contribution < 1.29 is 23.5 Å². The van der Waals surface area contributed by atoms with Crippen LogP contribution in [-0.4, -0.2) is 35.1 Å². The first-order valence-electron chi connectivity index (χ1n) is 5.15. The molecule has 0 radical (unpaired) electrons. The predicted molar refractivity (Wildman–Crippen MR) is 65.2 cm³/mol. The lowest BCUT2D eigenvalue weighted by molar-refractivity contribution is -0.141. The highest BCUT2D eigenvalue weighted by molar-refractivity contribution is 6.33. The lowest BCUT2D eigenvalue weighted by Crippen LogP contribution is -2.42. The largest absolute Gasteiger partial charge is 0.480 e. The van der Waals surface area contributed by atoms with E-state index in [-0.39, 0.29) is 5.02 Å². The molecule has 2 amide bonds. The van der Waals surface area contributed by atoms with Crippen LogP contribution in [0.4, 0.5) is 19.3 Å². The molecule has 0 saturated heterocycles. The molecule has 0 aliphatic heterocycles. The molecule has 8 heteroatoms. The summed E-state index contributed by atoms with van der Waals surface area (Å²) >= 11 is 5.60. The molecular formula is C11H11ClF2N2O3. The van der Waals surface area contributed by atoms with Gasteiger partial charge in [-0.2, -0.15) is 0 Å². The lowest BCUT2D eigenvalue weighted by Gasteiger charge is -2.22. The van der Waals surface area contributed by atoms with E-state index < -0.39 is 35.4 Å². The van der Waals surface area contributed by atoms with Crippen molar-refractivity contribution in [3.63, 3.8) is 0 Å². The molecule has 0 aliphatic carbocycles. The van der Waals surface area contributed by atoms with Crippen LogP contribution in [0.25, 0.3) is 0 Å². The number of carbonyl (C=O) groups excluding carboxylic acids is 1. The number of benzene rings is 1. The molecule has 1 atom stereocenters. The molecule has 1 aromatic carbocycles. The number of rotatable bonds is 3. The highest BCUT2D eigenvalue weighted by Gasteiger charge is 2.23. The maximum absolute atomic E-state index is 13.4. The summed E-state index contributed by atoms with van der Waals surface area (Å²) in [6.07, 6.45) is 0. The average molecular weight is 293 g/mol. The maximum Gasteiger partial charge on any atom is 0.326 e. The number of aliphatic carboxylic acids is 1. The van der Waals surface area contributed by atoms with E-state index in [1.165, 1.54) is 14.0 Å². The first-order chi connectivity index (χ1) is 8.73. The van der Waals surface area contributed by atoms with Crippen LogP contribution in [-0.2, 0) is 4.79 Å². The number of nitrogens with zero attached hydrogens (tertiary/aromatic N) is 1. The molecule has 0 bridgehead atoms. The quantitative estimate of drug-likeness (QED) is 0.899. The van der Waals surface area contributed by atoms with Crippen molar-refractivity contribution in [3.05, 3.63) is 28.8 Å². The van der Waals surface area contributed by atoms with E-state index in [9.17, 15) is 18.4 Å². The zero-order valence-electron chi connectivity index (χ0n) is 10.1. The molecular weight excluding hydrogens is 282 g/mol. The minimum atomic E-state index is -1.22. The minimum absolute atomic E-state index is 0.317. The van der Waals surface area contributed by atoms with Gasteiger partial charge in [0.05, 0.1) is 10.7 Å². The molecule has 1 aromatic rings. The molecule has 0 saturated carbocycles. The van der Waals surface area contributed by atoms with Gasteiger partial charge in [0, 0.05) is 13.1 Å². The van der Waals surface area contributed by atoms with Gasteiger partial charge in [0.2, 0.25) is 0 Å². The smallest absolute Gasteiger partial charge is 0.326 e. The van der Waals surface area contributed by atoms with E-state index in [4.69, 9.17) is 16.7 Å².